The molecule has 0 aliphatic carbocycles. The molecule has 1 nitrogen and oxygen atoms in total. The molecule has 0 amide bonds. The van der Waals surface area contributed by atoms with Crippen molar-refractivity contribution >= 4 is 39.3 Å². The molecule has 0 aromatic heterocycles. The summed E-state index contributed by atoms with van der Waals surface area (Å²) in [6, 6.07) is 5.20. The van der Waals surface area contributed by atoms with Gasteiger partial charge in [-0.2, -0.15) is 13.2 Å². The Morgan fingerprint density at radius 2 is 2.06 bits per heavy atom. The lowest BCUT2D eigenvalue weighted by atomic mass is 10.2. The lowest BCUT2D eigenvalue weighted by Gasteiger charge is -2.12. The van der Waals surface area contributed by atoms with Gasteiger partial charge in [-0.25, -0.2) is 0 Å². The molecule has 0 spiro atoms. The van der Waals surface area contributed by atoms with Gasteiger partial charge in [0.25, 0.3) is 0 Å². The molecule has 0 saturated carbocycles. The summed E-state index contributed by atoms with van der Waals surface area (Å²) in [4.78, 5) is 0. The van der Waals surface area contributed by atoms with Gasteiger partial charge in [0.2, 0.25) is 0 Å². The minimum Gasteiger partial charge on any atom is -0.491 e. The van der Waals surface area contributed by atoms with Crippen LogP contribution in [0, 0.1) is 0 Å². The van der Waals surface area contributed by atoms with Gasteiger partial charge in [-0.15, -0.1) is 0 Å². The Hall–Kier alpha value is -0.0700. The number of rotatable bonds is 5. The fraction of sp³-hybridized carbons (Fsp3) is 0.400. The number of para-hydroxylation sites is 1. The molecule has 0 aliphatic rings. The van der Waals surface area contributed by atoms with Crippen LogP contribution in [0.2, 0.25) is 5.02 Å². The van der Waals surface area contributed by atoms with Gasteiger partial charge in [0.05, 0.1) is 11.6 Å². The highest BCUT2D eigenvalue weighted by Crippen LogP contribution is 2.32. The molecule has 0 fully saturated rings. The van der Waals surface area contributed by atoms with Gasteiger partial charge in [0.15, 0.2) is 0 Å². The first kappa shape index (κ1) is 15.0. The van der Waals surface area contributed by atoms with Crippen LogP contribution in [0.25, 0.3) is 0 Å². The SMILES string of the molecule is FC(F)(F)SCCOc1c(Cl)cccc1CBr. The average molecular weight is 350 g/mol. The Bertz CT molecular complexity index is 373. The zero-order valence-corrected chi connectivity index (χ0v) is 11.7. The molecule has 17 heavy (non-hydrogen) atoms. The first-order chi connectivity index (χ1) is 7.94. The number of halogens is 5. The highest BCUT2D eigenvalue weighted by atomic mass is 79.9. The second-order valence-electron chi connectivity index (χ2n) is 3.00. The molecule has 1 aromatic carbocycles. The third-order valence-corrected chi connectivity index (χ3v) is 3.39. The Kier molecular flexibility index (Phi) is 5.95. The van der Waals surface area contributed by atoms with Gasteiger partial charge in [-0.1, -0.05) is 39.7 Å². The summed E-state index contributed by atoms with van der Waals surface area (Å²) >= 11 is 9.05. The van der Waals surface area contributed by atoms with Crippen LogP contribution in [0.3, 0.4) is 0 Å². The number of hydrogen-bond acceptors (Lipinski definition) is 2. The zero-order chi connectivity index (χ0) is 12.9. The van der Waals surface area contributed by atoms with E-state index < -0.39 is 5.51 Å². The van der Waals surface area contributed by atoms with E-state index in [0.717, 1.165) is 5.56 Å². The predicted molar refractivity (Wildman–Crippen MR) is 68.1 cm³/mol. The topological polar surface area (TPSA) is 9.23 Å². The minimum absolute atomic E-state index is 0.0338. The number of thioether (sulfide) groups is 1. The van der Waals surface area contributed by atoms with Crippen molar-refractivity contribution in [1.82, 2.24) is 0 Å². The Morgan fingerprint density at radius 1 is 1.35 bits per heavy atom. The summed E-state index contributed by atoms with van der Waals surface area (Å²) < 4.78 is 40.9. The van der Waals surface area contributed by atoms with E-state index in [9.17, 15) is 13.2 Å². The monoisotopic (exact) mass is 348 g/mol. The van der Waals surface area contributed by atoms with Crippen molar-refractivity contribution < 1.29 is 17.9 Å². The van der Waals surface area contributed by atoms with Gasteiger partial charge in [0, 0.05) is 16.6 Å². The molecule has 0 aliphatic heterocycles. The fourth-order valence-corrected chi connectivity index (χ4v) is 2.21. The van der Waals surface area contributed by atoms with E-state index in [1.54, 1.807) is 18.2 Å². The van der Waals surface area contributed by atoms with Crippen LogP contribution < -0.4 is 4.74 Å². The molecular weight excluding hydrogens is 341 g/mol. The van der Waals surface area contributed by atoms with Gasteiger partial charge in [-0.3, -0.25) is 0 Å². The Balaban J connectivity index is 2.52. The van der Waals surface area contributed by atoms with Crippen molar-refractivity contribution in [3.8, 4) is 5.75 Å². The van der Waals surface area contributed by atoms with Crippen molar-refractivity contribution in [2.45, 2.75) is 10.8 Å². The number of ether oxygens (including phenoxy) is 1. The third-order valence-electron chi connectivity index (χ3n) is 1.79. The maximum atomic E-state index is 11.9. The molecule has 0 N–H and O–H groups in total. The summed E-state index contributed by atoms with van der Waals surface area (Å²) in [6.07, 6.45) is 0. The van der Waals surface area contributed by atoms with Gasteiger partial charge in [0.1, 0.15) is 5.75 Å². The highest BCUT2D eigenvalue weighted by Gasteiger charge is 2.27. The van der Waals surface area contributed by atoms with E-state index in [2.05, 4.69) is 15.9 Å². The van der Waals surface area contributed by atoms with Crippen molar-refractivity contribution in [2.24, 2.45) is 0 Å². The van der Waals surface area contributed by atoms with Crippen LogP contribution in [0.4, 0.5) is 13.2 Å². The lowest BCUT2D eigenvalue weighted by Crippen LogP contribution is -2.08. The summed E-state index contributed by atoms with van der Waals surface area (Å²) in [5, 5.41) is 0.939. The molecule has 0 saturated heterocycles. The van der Waals surface area contributed by atoms with Crippen molar-refractivity contribution in [2.75, 3.05) is 12.4 Å². The number of benzene rings is 1. The van der Waals surface area contributed by atoms with E-state index in [1.807, 2.05) is 0 Å². The zero-order valence-electron chi connectivity index (χ0n) is 8.56. The summed E-state index contributed by atoms with van der Waals surface area (Å²) in [5.74, 6) is 0.282. The quantitative estimate of drug-likeness (QED) is 0.554. The average Bonchev–Trinajstić information content (AvgIpc) is 2.24. The third kappa shape index (κ3) is 5.40. The number of alkyl halides is 4. The van der Waals surface area contributed by atoms with E-state index in [1.165, 1.54) is 0 Å². The summed E-state index contributed by atoms with van der Waals surface area (Å²) in [7, 11) is 0. The Labute approximate surface area is 115 Å². The minimum atomic E-state index is -4.22. The number of hydrogen-bond donors (Lipinski definition) is 0. The van der Waals surface area contributed by atoms with Crippen LogP contribution in [0.5, 0.6) is 5.75 Å². The second kappa shape index (κ2) is 6.75. The molecule has 0 bridgehead atoms. The first-order valence-electron chi connectivity index (χ1n) is 4.61. The Morgan fingerprint density at radius 3 is 2.65 bits per heavy atom. The second-order valence-corrected chi connectivity index (χ2v) is 5.13. The molecule has 0 unspecified atom stereocenters. The first-order valence-corrected chi connectivity index (χ1v) is 7.09. The predicted octanol–water partition coefficient (Wildman–Crippen LogP) is 4.87. The van der Waals surface area contributed by atoms with Crippen molar-refractivity contribution in [1.29, 1.82) is 0 Å². The largest absolute Gasteiger partial charge is 0.491 e. The fourth-order valence-electron chi connectivity index (χ4n) is 1.12. The molecule has 1 rings (SSSR count). The molecule has 96 valence electrons. The van der Waals surface area contributed by atoms with Gasteiger partial charge >= 0.3 is 5.51 Å². The van der Waals surface area contributed by atoms with Crippen LogP contribution in [0.15, 0.2) is 18.2 Å². The van der Waals surface area contributed by atoms with E-state index in [-0.39, 0.29) is 24.1 Å². The van der Waals surface area contributed by atoms with Crippen LogP contribution >= 0.6 is 39.3 Å². The van der Waals surface area contributed by atoms with Gasteiger partial charge < -0.3 is 4.74 Å². The summed E-state index contributed by atoms with van der Waals surface area (Å²) in [5.41, 5.74) is -3.41. The molecule has 0 atom stereocenters. The van der Waals surface area contributed by atoms with Gasteiger partial charge in [-0.05, 0) is 17.8 Å². The van der Waals surface area contributed by atoms with Crippen molar-refractivity contribution in [3.05, 3.63) is 28.8 Å². The lowest BCUT2D eigenvalue weighted by molar-refractivity contribution is -0.0329. The van der Waals surface area contributed by atoms with E-state index in [4.69, 9.17) is 16.3 Å². The standard InChI is InChI=1S/C10H9BrClF3OS/c11-6-7-2-1-3-8(12)9(7)16-4-5-17-10(13,14)15/h1-3H,4-6H2. The maximum Gasteiger partial charge on any atom is 0.441 e. The maximum absolute atomic E-state index is 11.9. The van der Waals surface area contributed by atoms with Crippen LogP contribution in [0.1, 0.15) is 5.56 Å². The van der Waals surface area contributed by atoms with Crippen molar-refractivity contribution in [3.63, 3.8) is 0 Å². The van der Waals surface area contributed by atoms with E-state index in [0.29, 0.717) is 16.1 Å². The highest BCUT2D eigenvalue weighted by molar-refractivity contribution is 9.08. The van der Waals surface area contributed by atoms with Crippen LogP contribution in [-0.4, -0.2) is 17.9 Å². The molecule has 0 heterocycles. The van der Waals surface area contributed by atoms with Crippen LogP contribution in [-0.2, 0) is 5.33 Å². The summed E-state index contributed by atoms with van der Waals surface area (Å²) in [6.45, 7) is -0.0338. The normalized spacial score (nSPS) is 11.6. The molecule has 1 aromatic rings. The molecule has 0 radical (unpaired) electrons. The van der Waals surface area contributed by atoms with E-state index >= 15 is 0 Å². The molecular formula is C10H9BrClF3OS. The molecule has 7 heteroatoms. The smallest absolute Gasteiger partial charge is 0.441 e.